The molecule has 0 heterocycles. The Morgan fingerprint density at radius 3 is 1.40 bits per heavy atom. The average Bonchev–Trinajstić information content (AvgIpc) is 1.89. The molecule has 0 bridgehead atoms. The normalized spacial score (nSPS) is 7.00. The minimum atomic E-state index is 0.0895. The van der Waals surface area contributed by atoms with Gasteiger partial charge < -0.3 is 0 Å². The molecule has 0 fully saturated rings. The predicted octanol–water partition coefficient (Wildman–Crippen LogP) is 5.47. The van der Waals surface area contributed by atoms with Crippen LogP contribution in [0.25, 0.3) is 0 Å². The minimum absolute atomic E-state index is 0.0895. The largest absolute Gasteiger partial charge is 0.118 e. The third kappa shape index (κ3) is 22.6. The van der Waals surface area contributed by atoms with Crippen LogP contribution in [0, 0.1) is 0 Å². The van der Waals surface area contributed by atoms with Crippen LogP contribution in [0.1, 0.15) is 0 Å². The Morgan fingerprint density at radius 1 is 1.20 bits per heavy atom. The van der Waals surface area contributed by atoms with Crippen LogP contribution in [-0.4, -0.2) is 0 Å². The van der Waals surface area contributed by atoms with E-state index in [9.17, 15) is 0 Å². The molecular formula is C4H2Br3Cl3. The standard InChI is InChI=1S/C2HBr3.C2HCl3/c2*3-1-2(4)5/h2*1H. The van der Waals surface area contributed by atoms with Crippen LogP contribution in [0.2, 0.25) is 0 Å². The highest BCUT2D eigenvalue weighted by Crippen LogP contribution is 2.13. The zero-order valence-electron chi connectivity index (χ0n) is 4.42. The van der Waals surface area contributed by atoms with Crippen molar-refractivity contribution in [1.82, 2.24) is 0 Å². The Hall–Kier alpha value is 1.79. The molecule has 0 saturated heterocycles. The van der Waals surface area contributed by atoms with E-state index in [1.54, 1.807) is 4.99 Å². The van der Waals surface area contributed by atoms with E-state index in [2.05, 4.69) is 47.8 Å². The van der Waals surface area contributed by atoms with Crippen LogP contribution in [0.3, 0.4) is 0 Å². The molecule has 0 amide bonds. The average molecular weight is 396 g/mol. The summed E-state index contributed by atoms with van der Waals surface area (Å²) in [5.41, 5.74) is 1.09. The maximum absolute atomic E-state index is 4.96. The SMILES string of the molecule is BrC=C(Br)Br.ClC=C(Cl)Cl. The van der Waals surface area contributed by atoms with E-state index in [1.807, 2.05) is 0 Å². The molecule has 0 aliphatic carbocycles. The van der Waals surface area contributed by atoms with E-state index in [0.29, 0.717) is 0 Å². The summed E-state index contributed by atoms with van der Waals surface area (Å²) in [6.07, 6.45) is 0. The van der Waals surface area contributed by atoms with Gasteiger partial charge in [-0.25, -0.2) is 0 Å². The smallest absolute Gasteiger partial charge is 0.0904 e. The summed E-state index contributed by atoms with van der Waals surface area (Å²) in [5.74, 6) is 0. The summed E-state index contributed by atoms with van der Waals surface area (Å²) >= 11 is 24.1. The van der Waals surface area contributed by atoms with Crippen molar-refractivity contribution in [2.75, 3.05) is 0 Å². The van der Waals surface area contributed by atoms with Gasteiger partial charge in [-0.2, -0.15) is 0 Å². The molecule has 0 spiro atoms. The predicted molar refractivity (Wildman–Crippen MR) is 60.5 cm³/mol. The quantitative estimate of drug-likeness (QED) is 0.510. The van der Waals surface area contributed by atoms with E-state index < -0.39 is 0 Å². The van der Waals surface area contributed by atoms with Gasteiger partial charge in [0, 0.05) is 10.5 Å². The number of halogens is 6. The zero-order chi connectivity index (χ0) is 8.57. The Balaban J connectivity index is 0. The second-order valence-corrected chi connectivity index (χ2v) is 5.25. The first-order chi connectivity index (χ1) is 4.54. The van der Waals surface area contributed by atoms with Gasteiger partial charge in [-0.15, -0.1) is 0 Å². The van der Waals surface area contributed by atoms with Crippen molar-refractivity contribution in [3.8, 4) is 0 Å². The molecular weight excluding hydrogens is 394 g/mol. The molecule has 0 aromatic rings. The van der Waals surface area contributed by atoms with Crippen LogP contribution in [0.5, 0.6) is 0 Å². The van der Waals surface area contributed by atoms with Gasteiger partial charge in [0.1, 0.15) is 4.49 Å². The van der Waals surface area contributed by atoms with Gasteiger partial charge >= 0.3 is 0 Å². The van der Waals surface area contributed by atoms with E-state index in [4.69, 9.17) is 34.8 Å². The van der Waals surface area contributed by atoms with Gasteiger partial charge in [0.05, 0.1) is 3.39 Å². The van der Waals surface area contributed by atoms with Crippen molar-refractivity contribution in [1.29, 1.82) is 0 Å². The summed E-state index contributed by atoms with van der Waals surface area (Å²) < 4.78 is 1.01. The van der Waals surface area contributed by atoms with E-state index >= 15 is 0 Å². The maximum atomic E-state index is 4.96. The Kier molecular flexibility index (Phi) is 15.5. The van der Waals surface area contributed by atoms with Crippen molar-refractivity contribution < 1.29 is 0 Å². The summed E-state index contributed by atoms with van der Waals surface area (Å²) in [7, 11) is 0. The molecule has 0 saturated carbocycles. The first-order valence-corrected chi connectivity index (χ1v) is 5.46. The third-order valence-corrected chi connectivity index (χ3v) is 2.97. The van der Waals surface area contributed by atoms with Gasteiger partial charge in [-0.3, -0.25) is 0 Å². The molecule has 6 heteroatoms. The molecule has 0 aliphatic rings. The molecule has 0 unspecified atom stereocenters. The molecule has 0 aromatic heterocycles. The zero-order valence-corrected chi connectivity index (χ0v) is 11.4. The summed E-state index contributed by atoms with van der Waals surface area (Å²) in [5, 5.41) is 0. The molecule has 60 valence electrons. The highest BCUT2D eigenvalue weighted by Gasteiger charge is 1.70. The van der Waals surface area contributed by atoms with Crippen molar-refractivity contribution in [3.05, 3.63) is 18.4 Å². The van der Waals surface area contributed by atoms with Crippen LogP contribution in [-0.2, 0) is 0 Å². The molecule has 0 nitrogen and oxygen atoms in total. The molecule has 10 heavy (non-hydrogen) atoms. The first-order valence-electron chi connectivity index (χ1n) is 1.77. The highest BCUT2D eigenvalue weighted by atomic mass is 79.9. The number of rotatable bonds is 0. The topological polar surface area (TPSA) is 0 Å². The fourth-order valence-corrected chi connectivity index (χ4v) is 0. The van der Waals surface area contributed by atoms with Crippen molar-refractivity contribution in [2.24, 2.45) is 0 Å². The molecule has 0 atom stereocenters. The molecule has 0 rings (SSSR count). The van der Waals surface area contributed by atoms with Gasteiger partial charge in [-0.1, -0.05) is 50.7 Å². The van der Waals surface area contributed by atoms with Crippen LogP contribution in [0.4, 0.5) is 0 Å². The lowest BCUT2D eigenvalue weighted by molar-refractivity contribution is 2.36. The number of hydrogen-bond donors (Lipinski definition) is 0. The van der Waals surface area contributed by atoms with Crippen molar-refractivity contribution in [2.45, 2.75) is 0 Å². The lowest BCUT2D eigenvalue weighted by Gasteiger charge is -1.66. The minimum Gasteiger partial charge on any atom is -0.0904 e. The fourth-order valence-electron chi connectivity index (χ4n) is 0. The Labute approximate surface area is 100.0 Å². The molecule has 0 aromatic carbocycles. The van der Waals surface area contributed by atoms with Gasteiger partial charge in [0.25, 0.3) is 0 Å². The Bertz CT molecular complexity index is 108. The summed E-state index contributed by atoms with van der Waals surface area (Å²) in [4.78, 5) is 1.73. The number of hydrogen-bond acceptors (Lipinski definition) is 0. The maximum Gasteiger partial charge on any atom is 0.118 e. The lowest BCUT2D eigenvalue weighted by Crippen LogP contribution is -1.33. The van der Waals surface area contributed by atoms with Crippen LogP contribution in [0.15, 0.2) is 18.4 Å². The fraction of sp³-hybridized carbons (Fsp3) is 0. The molecule has 0 radical (unpaired) electrons. The van der Waals surface area contributed by atoms with Crippen LogP contribution >= 0.6 is 82.6 Å². The van der Waals surface area contributed by atoms with E-state index in [0.717, 1.165) is 8.93 Å². The summed E-state index contributed by atoms with van der Waals surface area (Å²) in [6, 6.07) is 0. The summed E-state index contributed by atoms with van der Waals surface area (Å²) in [6.45, 7) is 0. The highest BCUT2D eigenvalue weighted by molar-refractivity contribution is 9.29. The molecule has 0 N–H and O–H groups in total. The van der Waals surface area contributed by atoms with Gasteiger partial charge in [-0.05, 0) is 31.9 Å². The van der Waals surface area contributed by atoms with Crippen molar-refractivity contribution in [3.63, 3.8) is 0 Å². The van der Waals surface area contributed by atoms with Gasteiger partial charge in [0.2, 0.25) is 0 Å². The van der Waals surface area contributed by atoms with Crippen molar-refractivity contribution >= 4 is 82.6 Å². The second kappa shape index (κ2) is 10.8. The third-order valence-electron chi connectivity index (χ3n) is 0.165. The van der Waals surface area contributed by atoms with Gasteiger partial charge in [0.15, 0.2) is 0 Å². The lowest BCUT2D eigenvalue weighted by atomic mass is 11.2. The van der Waals surface area contributed by atoms with E-state index in [-0.39, 0.29) is 4.49 Å². The second-order valence-electron chi connectivity index (χ2n) is 0.798. The first kappa shape index (κ1) is 14.3. The Morgan fingerprint density at radius 2 is 1.40 bits per heavy atom. The monoisotopic (exact) mass is 392 g/mol. The van der Waals surface area contributed by atoms with E-state index in [1.165, 1.54) is 0 Å². The molecule has 0 aliphatic heterocycles. The van der Waals surface area contributed by atoms with Crippen LogP contribution < -0.4 is 0 Å².